The van der Waals surface area contributed by atoms with Gasteiger partial charge in [-0.15, -0.1) is 0 Å². The number of ether oxygens (including phenoxy) is 1. The summed E-state index contributed by atoms with van der Waals surface area (Å²) in [5.41, 5.74) is 6.24. The van der Waals surface area contributed by atoms with E-state index < -0.39 is 23.0 Å². The standard InChI is InChI=1S/C22H26N2O4/c1-24(11-12-2-3-12)9-8-21-17-13-4-5-14(20(23)26)18(17)28-19(21)15(25)6-7-22(21,27)16(24)10-13/h4-5,12,16,19,27H,2-3,6-11H2,1H3,(H-,23,26)/p+1. The summed E-state index contributed by atoms with van der Waals surface area (Å²) < 4.78 is 7.06. The van der Waals surface area contributed by atoms with Crippen molar-refractivity contribution in [2.45, 2.75) is 61.7 Å². The largest absolute Gasteiger partial charge is 0.480 e. The second-order valence-corrected chi connectivity index (χ2v) is 10.00. The molecule has 2 aliphatic heterocycles. The second kappa shape index (κ2) is 4.97. The van der Waals surface area contributed by atoms with E-state index in [0.717, 1.165) is 41.0 Å². The van der Waals surface area contributed by atoms with E-state index in [-0.39, 0.29) is 11.8 Å². The molecule has 0 aromatic heterocycles. The number of likely N-dealkylation sites (tertiary alicyclic amines) is 1. The van der Waals surface area contributed by atoms with Crippen LogP contribution in [0.5, 0.6) is 5.75 Å². The highest BCUT2D eigenvalue weighted by atomic mass is 16.5. The van der Waals surface area contributed by atoms with E-state index in [9.17, 15) is 14.7 Å². The van der Waals surface area contributed by atoms with Gasteiger partial charge in [0.2, 0.25) is 0 Å². The van der Waals surface area contributed by atoms with Crippen molar-refractivity contribution in [1.82, 2.24) is 0 Å². The number of likely N-dealkylation sites (N-methyl/N-ethyl adjacent to an activating group) is 1. The zero-order chi connectivity index (χ0) is 19.5. The van der Waals surface area contributed by atoms with Gasteiger partial charge in [0.25, 0.3) is 5.91 Å². The lowest BCUT2D eigenvalue weighted by Crippen LogP contribution is -2.80. The lowest BCUT2D eigenvalue weighted by atomic mass is 9.48. The molecular formula is C22H27N2O4+. The number of carbonyl (C=O) groups excluding carboxylic acids is 2. The smallest absolute Gasteiger partial charge is 0.252 e. The molecule has 5 aliphatic rings. The van der Waals surface area contributed by atoms with Gasteiger partial charge >= 0.3 is 0 Å². The Labute approximate surface area is 164 Å². The predicted molar refractivity (Wildman–Crippen MR) is 101 cm³/mol. The zero-order valence-corrected chi connectivity index (χ0v) is 16.2. The summed E-state index contributed by atoms with van der Waals surface area (Å²) in [4.78, 5) is 25.0. The molecule has 2 heterocycles. The van der Waals surface area contributed by atoms with Crippen molar-refractivity contribution in [1.29, 1.82) is 0 Å². The van der Waals surface area contributed by atoms with Gasteiger partial charge in [-0.2, -0.15) is 0 Å². The molecule has 2 saturated carbocycles. The van der Waals surface area contributed by atoms with E-state index in [0.29, 0.717) is 30.6 Å². The Hall–Kier alpha value is -1.92. The fourth-order valence-electron chi connectivity index (χ4n) is 7.15. The van der Waals surface area contributed by atoms with E-state index >= 15 is 0 Å². The van der Waals surface area contributed by atoms with Crippen LogP contribution in [0, 0.1) is 5.92 Å². The summed E-state index contributed by atoms with van der Waals surface area (Å²) in [5, 5.41) is 12.3. The number of Topliss-reactive ketones (excluding diaryl/α,β-unsaturated/α-hetero) is 1. The number of piperidine rings is 1. The van der Waals surface area contributed by atoms with E-state index in [2.05, 4.69) is 7.05 Å². The summed E-state index contributed by atoms with van der Waals surface area (Å²) in [6.45, 7) is 2.03. The zero-order valence-electron chi connectivity index (χ0n) is 16.2. The molecule has 148 valence electrons. The molecule has 1 spiro atoms. The third-order valence-corrected chi connectivity index (χ3v) is 8.56. The van der Waals surface area contributed by atoms with Crippen LogP contribution in [0.2, 0.25) is 0 Å². The Kier molecular flexibility index (Phi) is 3.02. The van der Waals surface area contributed by atoms with Crippen LogP contribution in [0.15, 0.2) is 12.1 Å². The summed E-state index contributed by atoms with van der Waals surface area (Å²) in [5.74, 6) is 0.718. The average Bonchev–Trinajstić information content (AvgIpc) is 3.37. The number of carbonyl (C=O) groups is 2. The first-order chi connectivity index (χ1) is 13.3. The van der Waals surface area contributed by atoms with Gasteiger partial charge < -0.3 is 20.1 Å². The molecule has 3 N–H and O–H groups in total. The van der Waals surface area contributed by atoms with Crippen molar-refractivity contribution in [3.63, 3.8) is 0 Å². The number of benzene rings is 1. The molecule has 6 rings (SSSR count). The van der Waals surface area contributed by atoms with Crippen molar-refractivity contribution in [3.05, 3.63) is 28.8 Å². The van der Waals surface area contributed by atoms with E-state index in [1.54, 1.807) is 6.07 Å². The highest BCUT2D eigenvalue weighted by molar-refractivity contribution is 5.98. The minimum absolute atomic E-state index is 0.0428. The lowest BCUT2D eigenvalue weighted by Gasteiger charge is -2.64. The fraction of sp³-hybridized carbons (Fsp3) is 0.636. The maximum absolute atomic E-state index is 12.9. The third kappa shape index (κ3) is 1.77. The number of primary amides is 1. The molecule has 1 aromatic carbocycles. The highest BCUT2D eigenvalue weighted by Gasteiger charge is 2.76. The topological polar surface area (TPSA) is 89.6 Å². The molecule has 3 aliphatic carbocycles. The Morgan fingerprint density at radius 1 is 1.36 bits per heavy atom. The van der Waals surface area contributed by atoms with Crippen LogP contribution in [0.25, 0.3) is 0 Å². The Morgan fingerprint density at radius 3 is 2.86 bits per heavy atom. The summed E-state index contributed by atoms with van der Waals surface area (Å²) in [6, 6.07) is 3.77. The van der Waals surface area contributed by atoms with Gasteiger partial charge in [-0.05, 0) is 30.9 Å². The minimum Gasteiger partial charge on any atom is -0.480 e. The molecule has 5 atom stereocenters. The quantitative estimate of drug-likeness (QED) is 0.764. The van der Waals surface area contributed by atoms with Gasteiger partial charge in [0.1, 0.15) is 17.4 Å². The van der Waals surface area contributed by atoms with Crippen LogP contribution in [0.1, 0.15) is 53.6 Å². The number of hydrogen-bond acceptors (Lipinski definition) is 4. The molecule has 2 bridgehead atoms. The van der Waals surface area contributed by atoms with Crippen LogP contribution in [0.4, 0.5) is 0 Å². The van der Waals surface area contributed by atoms with Crippen LogP contribution in [0.3, 0.4) is 0 Å². The predicted octanol–water partition coefficient (Wildman–Crippen LogP) is 1.06. The molecule has 5 unspecified atom stereocenters. The monoisotopic (exact) mass is 383 g/mol. The van der Waals surface area contributed by atoms with E-state index in [1.165, 1.54) is 12.8 Å². The minimum atomic E-state index is -0.984. The van der Waals surface area contributed by atoms with Gasteiger partial charge in [-0.3, -0.25) is 9.59 Å². The van der Waals surface area contributed by atoms with E-state index in [1.807, 2.05) is 6.07 Å². The molecule has 0 radical (unpaired) electrons. The first-order valence-electron chi connectivity index (χ1n) is 10.5. The molecular weight excluding hydrogens is 356 g/mol. The average molecular weight is 383 g/mol. The fourth-order valence-corrected chi connectivity index (χ4v) is 7.15. The van der Waals surface area contributed by atoms with Gasteiger partial charge in [-0.25, -0.2) is 0 Å². The maximum Gasteiger partial charge on any atom is 0.252 e. The number of aliphatic hydroxyl groups is 1. The second-order valence-electron chi connectivity index (χ2n) is 10.00. The van der Waals surface area contributed by atoms with Crippen molar-refractivity contribution in [2.24, 2.45) is 11.7 Å². The maximum atomic E-state index is 12.9. The van der Waals surface area contributed by atoms with Crippen molar-refractivity contribution in [2.75, 3.05) is 20.1 Å². The summed E-state index contributed by atoms with van der Waals surface area (Å²) in [6.07, 6.45) is 4.16. The lowest BCUT2D eigenvalue weighted by molar-refractivity contribution is -0.950. The number of quaternary nitrogens is 1. The van der Waals surface area contributed by atoms with Gasteiger partial charge in [0, 0.05) is 30.7 Å². The van der Waals surface area contributed by atoms with Gasteiger partial charge in [-0.1, -0.05) is 6.07 Å². The summed E-state index contributed by atoms with van der Waals surface area (Å²) in [7, 11) is 2.29. The third-order valence-electron chi connectivity index (χ3n) is 8.56. The highest BCUT2D eigenvalue weighted by Crippen LogP contribution is 2.65. The number of rotatable bonds is 3. The van der Waals surface area contributed by atoms with Crippen molar-refractivity contribution < 1.29 is 23.9 Å². The number of hydrogen-bond donors (Lipinski definition) is 2. The van der Waals surface area contributed by atoms with Gasteiger partial charge in [0.05, 0.1) is 31.1 Å². The first-order valence-corrected chi connectivity index (χ1v) is 10.5. The number of amides is 1. The van der Waals surface area contributed by atoms with Crippen LogP contribution in [-0.4, -0.2) is 59.2 Å². The van der Waals surface area contributed by atoms with Crippen molar-refractivity contribution >= 4 is 11.7 Å². The number of ketones is 1. The molecule has 1 saturated heterocycles. The van der Waals surface area contributed by atoms with Crippen LogP contribution >= 0.6 is 0 Å². The van der Waals surface area contributed by atoms with Gasteiger partial charge in [0.15, 0.2) is 11.9 Å². The molecule has 28 heavy (non-hydrogen) atoms. The molecule has 6 nitrogen and oxygen atoms in total. The van der Waals surface area contributed by atoms with Crippen LogP contribution in [-0.2, 0) is 16.6 Å². The van der Waals surface area contributed by atoms with Crippen LogP contribution < -0.4 is 10.5 Å². The first kappa shape index (κ1) is 17.0. The Bertz CT molecular complexity index is 941. The molecule has 6 heteroatoms. The SMILES string of the molecule is C[N+]1(CC2CC2)CCC23c4c5ccc(C(N)=O)c4OC2C(=O)CCC3(O)C1C5. The van der Waals surface area contributed by atoms with Crippen molar-refractivity contribution in [3.8, 4) is 5.75 Å². The normalized spacial score (nSPS) is 42.7. The molecule has 1 amide bonds. The molecule has 1 aromatic rings. The summed E-state index contributed by atoms with van der Waals surface area (Å²) >= 11 is 0. The number of nitrogens with two attached hydrogens (primary N) is 1. The molecule has 3 fully saturated rings. The Morgan fingerprint density at radius 2 is 2.14 bits per heavy atom. The Balaban J connectivity index is 1.60. The number of nitrogens with zero attached hydrogens (tertiary/aromatic N) is 1. The van der Waals surface area contributed by atoms with E-state index in [4.69, 9.17) is 10.5 Å².